The van der Waals surface area contributed by atoms with Crippen molar-refractivity contribution in [3.63, 3.8) is 0 Å². The summed E-state index contributed by atoms with van der Waals surface area (Å²) < 4.78 is 6.76. The van der Waals surface area contributed by atoms with E-state index in [0.717, 1.165) is 33.2 Å². The summed E-state index contributed by atoms with van der Waals surface area (Å²) in [5.41, 5.74) is 2.92. The summed E-state index contributed by atoms with van der Waals surface area (Å²) in [5, 5.41) is 13.6. The molecule has 0 fully saturated rings. The molecule has 4 aromatic rings. The monoisotopic (exact) mass is 477 g/mol. The van der Waals surface area contributed by atoms with Gasteiger partial charge in [-0.05, 0) is 54.0 Å². The predicted octanol–water partition coefficient (Wildman–Crippen LogP) is 6.17. The molecule has 0 aromatic heterocycles. The molecule has 4 aromatic carbocycles. The maximum atomic E-state index is 12.6. The van der Waals surface area contributed by atoms with Gasteiger partial charge in [-0.25, -0.2) is 0 Å². The van der Waals surface area contributed by atoms with Crippen LogP contribution in [0.25, 0.3) is 16.8 Å². The first kappa shape index (κ1) is 23.4. The molecular weight excluding hydrogens is 450 g/mol. The van der Waals surface area contributed by atoms with Crippen LogP contribution in [-0.4, -0.2) is 23.5 Å². The van der Waals surface area contributed by atoms with Crippen molar-refractivity contribution in [1.82, 2.24) is 5.32 Å². The van der Waals surface area contributed by atoms with E-state index < -0.39 is 11.6 Å². The third kappa shape index (κ3) is 4.60. The second kappa shape index (κ2) is 10.1. The number of benzene rings is 4. The maximum absolute atomic E-state index is 12.6. The van der Waals surface area contributed by atoms with E-state index in [-0.39, 0.29) is 12.3 Å². The Hall–Kier alpha value is -4.38. The average molecular weight is 478 g/mol. The number of carbonyl (C=O) groups excluding carboxylic acids is 1. The van der Waals surface area contributed by atoms with Gasteiger partial charge < -0.3 is 15.2 Å². The van der Waals surface area contributed by atoms with Gasteiger partial charge >= 0.3 is 5.97 Å². The number of hydrogen-bond acceptors (Lipinski definition) is 3. The summed E-state index contributed by atoms with van der Waals surface area (Å²) in [6.45, 7) is 0.450. The van der Waals surface area contributed by atoms with Gasteiger partial charge in [0, 0.05) is 35.2 Å². The number of hydrogen-bond donors (Lipinski definition) is 2. The Kier molecular flexibility index (Phi) is 6.54. The number of ether oxygens (including phenoxy) is 1. The lowest BCUT2D eigenvalue weighted by atomic mass is 9.83. The van der Waals surface area contributed by atoms with Crippen LogP contribution < -0.4 is 10.1 Å². The molecule has 1 amide bonds. The molecule has 0 aliphatic carbocycles. The van der Waals surface area contributed by atoms with E-state index >= 15 is 0 Å². The number of nitrogens with one attached hydrogen (secondary N) is 1. The molecule has 2 N–H and O–H groups in total. The number of rotatable bonds is 8. The van der Waals surface area contributed by atoms with Crippen LogP contribution in [0.4, 0.5) is 0 Å². The third-order valence-electron chi connectivity index (χ3n) is 6.55. The van der Waals surface area contributed by atoms with Gasteiger partial charge in [-0.2, -0.15) is 0 Å². The Labute approximate surface area is 210 Å². The molecule has 5 rings (SSSR count). The summed E-state index contributed by atoms with van der Waals surface area (Å²) >= 11 is 0. The zero-order valence-corrected chi connectivity index (χ0v) is 19.8. The number of amides is 1. The van der Waals surface area contributed by atoms with Crippen LogP contribution in [0.15, 0.2) is 97.1 Å². The van der Waals surface area contributed by atoms with E-state index in [0.29, 0.717) is 24.9 Å². The molecule has 0 saturated heterocycles. The van der Waals surface area contributed by atoms with Gasteiger partial charge in [-0.3, -0.25) is 9.59 Å². The van der Waals surface area contributed by atoms with Gasteiger partial charge in [-0.15, -0.1) is 0 Å². The zero-order valence-electron chi connectivity index (χ0n) is 19.8. The van der Waals surface area contributed by atoms with Gasteiger partial charge in [0.2, 0.25) is 0 Å². The molecule has 0 spiro atoms. The fraction of sp³-hybridized carbons (Fsp3) is 0.161. The molecule has 0 unspecified atom stereocenters. The second-order valence-electron chi connectivity index (χ2n) is 8.92. The van der Waals surface area contributed by atoms with E-state index in [9.17, 15) is 9.59 Å². The van der Waals surface area contributed by atoms with Crippen molar-refractivity contribution in [2.45, 2.75) is 24.9 Å². The van der Waals surface area contributed by atoms with Crippen LogP contribution in [0.5, 0.6) is 5.75 Å². The molecule has 1 aliphatic heterocycles. The highest BCUT2D eigenvalue weighted by Gasteiger charge is 2.37. The zero-order chi connectivity index (χ0) is 25.0. The minimum atomic E-state index is -0.818. The number of carbonyl (C=O) groups is 2. The summed E-state index contributed by atoms with van der Waals surface area (Å²) in [4.78, 5) is 23.2. The molecule has 0 bridgehead atoms. The summed E-state index contributed by atoms with van der Waals surface area (Å²) in [6, 6.07) is 30.0. The molecule has 1 aliphatic rings. The Morgan fingerprint density at radius 3 is 2.19 bits per heavy atom. The van der Waals surface area contributed by atoms with Crippen LogP contribution >= 0.6 is 0 Å². The van der Waals surface area contributed by atoms with Crippen molar-refractivity contribution in [1.29, 1.82) is 0 Å². The molecule has 0 atom stereocenters. The van der Waals surface area contributed by atoms with E-state index in [4.69, 9.17) is 9.84 Å². The predicted molar refractivity (Wildman–Crippen MR) is 141 cm³/mol. The lowest BCUT2D eigenvalue weighted by Gasteiger charge is -2.36. The average Bonchev–Trinajstić information content (AvgIpc) is 2.92. The molecule has 36 heavy (non-hydrogen) atoms. The largest absolute Gasteiger partial charge is 0.481 e. The summed E-state index contributed by atoms with van der Waals surface area (Å²) in [6.07, 6.45) is 5.51. The minimum absolute atomic E-state index is 0.113. The topological polar surface area (TPSA) is 75.6 Å². The van der Waals surface area contributed by atoms with Crippen LogP contribution in [0, 0.1) is 0 Å². The van der Waals surface area contributed by atoms with Crippen LogP contribution in [0.1, 0.15) is 46.3 Å². The SMILES string of the molecule is O=C(O)CCCCNC(=O)c1ccc2c3c(ccc2c1)OC(c1ccccc1)(c1ccccc1)C=C3. The van der Waals surface area contributed by atoms with Crippen LogP contribution in [0.2, 0.25) is 0 Å². The number of carboxylic acids is 1. The number of carboxylic acid groups (broad SMARTS) is 1. The van der Waals surface area contributed by atoms with Gasteiger partial charge in [-0.1, -0.05) is 72.8 Å². The second-order valence-corrected chi connectivity index (χ2v) is 8.92. The van der Waals surface area contributed by atoms with Crippen LogP contribution in [0.3, 0.4) is 0 Å². The minimum Gasteiger partial charge on any atom is -0.481 e. The normalized spacial score (nSPS) is 13.6. The highest BCUT2D eigenvalue weighted by molar-refractivity contribution is 6.01. The van der Waals surface area contributed by atoms with E-state index in [2.05, 4.69) is 41.7 Å². The Morgan fingerprint density at radius 2 is 1.53 bits per heavy atom. The van der Waals surface area contributed by atoms with E-state index in [1.54, 1.807) is 0 Å². The fourth-order valence-corrected chi connectivity index (χ4v) is 4.70. The van der Waals surface area contributed by atoms with Crippen LogP contribution in [-0.2, 0) is 10.4 Å². The molecule has 5 heteroatoms. The van der Waals surface area contributed by atoms with E-state index in [1.807, 2.05) is 66.7 Å². The Morgan fingerprint density at radius 1 is 0.833 bits per heavy atom. The first-order valence-corrected chi connectivity index (χ1v) is 12.1. The highest BCUT2D eigenvalue weighted by Crippen LogP contribution is 2.44. The smallest absolute Gasteiger partial charge is 0.303 e. The first-order chi connectivity index (χ1) is 17.6. The fourth-order valence-electron chi connectivity index (χ4n) is 4.70. The quantitative estimate of drug-likeness (QED) is 0.298. The van der Waals surface area contributed by atoms with Crippen molar-refractivity contribution in [2.24, 2.45) is 0 Å². The summed E-state index contributed by atoms with van der Waals surface area (Å²) in [7, 11) is 0. The summed E-state index contributed by atoms with van der Waals surface area (Å²) in [5.74, 6) is -0.195. The van der Waals surface area contributed by atoms with Gasteiger partial charge in [0.15, 0.2) is 5.60 Å². The number of aliphatic carboxylic acids is 1. The molecular formula is C31H27NO4. The van der Waals surface area contributed by atoms with Gasteiger partial charge in [0.25, 0.3) is 5.91 Å². The van der Waals surface area contributed by atoms with Crippen molar-refractivity contribution in [3.8, 4) is 5.75 Å². The van der Waals surface area contributed by atoms with Crippen molar-refractivity contribution in [2.75, 3.05) is 6.54 Å². The van der Waals surface area contributed by atoms with Gasteiger partial charge in [0.05, 0.1) is 0 Å². The van der Waals surface area contributed by atoms with E-state index in [1.165, 1.54) is 0 Å². The standard InChI is InChI=1S/C31H27NO4/c33-29(34)13-7-8-20-32-30(35)23-14-16-26-22(21-23)15-17-28-27(26)18-19-31(36-28,24-9-3-1-4-10-24)25-11-5-2-6-12-25/h1-6,9-12,14-19,21H,7-8,13,20H2,(H,32,35)(H,33,34). The lowest BCUT2D eigenvalue weighted by molar-refractivity contribution is -0.137. The number of unbranched alkanes of at least 4 members (excludes halogenated alkanes) is 1. The molecule has 0 radical (unpaired) electrons. The molecule has 5 nitrogen and oxygen atoms in total. The maximum Gasteiger partial charge on any atom is 0.303 e. The van der Waals surface area contributed by atoms with Crippen molar-refractivity contribution >= 4 is 28.7 Å². The molecule has 0 saturated carbocycles. The van der Waals surface area contributed by atoms with Crippen molar-refractivity contribution < 1.29 is 19.4 Å². The third-order valence-corrected chi connectivity index (χ3v) is 6.55. The molecule has 1 heterocycles. The van der Waals surface area contributed by atoms with Crippen molar-refractivity contribution in [3.05, 3.63) is 119 Å². The first-order valence-electron chi connectivity index (χ1n) is 12.1. The Bertz CT molecular complexity index is 1390. The van der Waals surface area contributed by atoms with Gasteiger partial charge in [0.1, 0.15) is 5.75 Å². The molecule has 180 valence electrons. The lowest BCUT2D eigenvalue weighted by Crippen LogP contribution is -2.34. The number of fused-ring (bicyclic) bond motifs is 3. The Balaban J connectivity index is 1.43. The highest BCUT2D eigenvalue weighted by atomic mass is 16.5.